The molecule has 0 aliphatic heterocycles. The minimum absolute atomic E-state index is 0.0916. The number of aromatic hydroxyl groups is 1. The smallest absolute Gasteiger partial charge is 0.275 e. The molecular weight excluding hydrogens is 328 g/mol. The van der Waals surface area contributed by atoms with Gasteiger partial charge in [0.1, 0.15) is 18.1 Å². The molecule has 26 heavy (non-hydrogen) atoms. The molecule has 0 unspecified atom stereocenters. The molecule has 0 saturated carbocycles. The molecule has 5 nitrogen and oxygen atoms in total. The molecule has 0 fully saturated rings. The molecule has 3 aromatic carbocycles. The average molecular weight is 346 g/mol. The van der Waals surface area contributed by atoms with Crippen molar-refractivity contribution in [3.8, 4) is 11.5 Å². The second kappa shape index (κ2) is 7.98. The molecule has 3 aromatic rings. The first kappa shape index (κ1) is 17.2. The highest BCUT2D eigenvalue weighted by Crippen LogP contribution is 2.24. The number of carbonyl (C=O) groups excluding carboxylic acids is 1. The normalized spacial score (nSPS) is 10.8. The zero-order valence-electron chi connectivity index (χ0n) is 14.1. The number of nitrogens with zero attached hydrogens (tertiary/aromatic N) is 1. The van der Waals surface area contributed by atoms with Gasteiger partial charge in [-0.05, 0) is 35.0 Å². The molecule has 0 bridgehead atoms. The third-order valence-corrected chi connectivity index (χ3v) is 3.75. The van der Waals surface area contributed by atoms with Crippen molar-refractivity contribution in [1.82, 2.24) is 5.43 Å². The van der Waals surface area contributed by atoms with Gasteiger partial charge >= 0.3 is 0 Å². The number of benzene rings is 3. The number of hydrazone groups is 1. The van der Waals surface area contributed by atoms with Crippen molar-refractivity contribution in [2.75, 3.05) is 6.61 Å². The van der Waals surface area contributed by atoms with E-state index in [-0.39, 0.29) is 11.3 Å². The van der Waals surface area contributed by atoms with Gasteiger partial charge < -0.3 is 9.84 Å². The van der Waals surface area contributed by atoms with Gasteiger partial charge in [-0.25, -0.2) is 5.43 Å². The van der Waals surface area contributed by atoms with Crippen molar-refractivity contribution in [2.45, 2.75) is 0 Å². The van der Waals surface area contributed by atoms with Gasteiger partial charge in [-0.3, -0.25) is 4.79 Å². The fourth-order valence-corrected chi connectivity index (χ4v) is 2.50. The van der Waals surface area contributed by atoms with Crippen molar-refractivity contribution in [2.24, 2.45) is 5.10 Å². The lowest BCUT2D eigenvalue weighted by Gasteiger charge is -2.07. The molecule has 130 valence electrons. The van der Waals surface area contributed by atoms with E-state index < -0.39 is 5.91 Å². The number of ether oxygens (including phenoxy) is 1. The number of amides is 1. The standard InChI is InChI=1S/C21H18N2O3/c1-2-11-26-20-10-6-5-9-17(20)14-22-23-21(25)18-12-15-7-3-4-8-16(15)13-19(18)24/h2-10,12-14,24H,1,11H2,(H,23,25)/b22-14+. The summed E-state index contributed by atoms with van der Waals surface area (Å²) in [5, 5.41) is 15.8. The van der Waals surface area contributed by atoms with Crippen LogP contribution in [0.25, 0.3) is 10.8 Å². The van der Waals surface area contributed by atoms with E-state index in [2.05, 4.69) is 17.1 Å². The van der Waals surface area contributed by atoms with Crippen LogP contribution in [0.3, 0.4) is 0 Å². The van der Waals surface area contributed by atoms with E-state index >= 15 is 0 Å². The Hall–Kier alpha value is -3.60. The molecular formula is C21H18N2O3. The first-order chi connectivity index (χ1) is 12.7. The van der Waals surface area contributed by atoms with Crippen molar-refractivity contribution < 1.29 is 14.6 Å². The lowest BCUT2D eigenvalue weighted by molar-refractivity contribution is 0.0952. The summed E-state index contributed by atoms with van der Waals surface area (Å²) in [6, 6.07) is 18.0. The molecule has 1 amide bonds. The SMILES string of the molecule is C=CCOc1ccccc1/C=N/NC(=O)c1cc2ccccc2cc1O. The number of fused-ring (bicyclic) bond motifs is 1. The van der Waals surface area contributed by atoms with Crippen LogP contribution in [0.5, 0.6) is 11.5 Å². The number of phenols is 1. The highest BCUT2D eigenvalue weighted by molar-refractivity contribution is 6.01. The second-order valence-electron chi connectivity index (χ2n) is 5.55. The molecule has 3 rings (SSSR count). The first-order valence-corrected chi connectivity index (χ1v) is 8.07. The third kappa shape index (κ3) is 3.89. The van der Waals surface area contributed by atoms with Gasteiger partial charge in [0.25, 0.3) is 5.91 Å². The summed E-state index contributed by atoms with van der Waals surface area (Å²) in [5.41, 5.74) is 3.31. The Morgan fingerprint density at radius 2 is 1.81 bits per heavy atom. The Bertz CT molecular complexity index is 980. The van der Waals surface area contributed by atoms with Gasteiger partial charge in [-0.1, -0.05) is 49.1 Å². The van der Waals surface area contributed by atoms with E-state index in [0.717, 1.165) is 16.3 Å². The van der Waals surface area contributed by atoms with Gasteiger partial charge in [0.15, 0.2) is 0 Å². The van der Waals surface area contributed by atoms with Gasteiger partial charge in [-0.2, -0.15) is 5.10 Å². The number of hydrogen-bond acceptors (Lipinski definition) is 4. The zero-order valence-corrected chi connectivity index (χ0v) is 14.1. The minimum atomic E-state index is -0.492. The lowest BCUT2D eigenvalue weighted by Crippen LogP contribution is -2.17. The third-order valence-electron chi connectivity index (χ3n) is 3.75. The van der Waals surface area contributed by atoms with E-state index in [1.807, 2.05) is 48.5 Å². The molecule has 0 radical (unpaired) electrons. The Labute approximate surface area is 151 Å². The Kier molecular flexibility index (Phi) is 5.29. The molecule has 5 heteroatoms. The summed E-state index contributed by atoms with van der Waals surface area (Å²) >= 11 is 0. The van der Waals surface area contributed by atoms with Gasteiger partial charge in [0.2, 0.25) is 0 Å². The van der Waals surface area contributed by atoms with Gasteiger partial charge in [-0.15, -0.1) is 0 Å². The van der Waals surface area contributed by atoms with Crippen LogP contribution in [0.1, 0.15) is 15.9 Å². The number of rotatable bonds is 6. The lowest BCUT2D eigenvalue weighted by atomic mass is 10.1. The monoisotopic (exact) mass is 346 g/mol. The summed E-state index contributed by atoms with van der Waals surface area (Å²) in [6.07, 6.45) is 3.15. The largest absolute Gasteiger partial charge is 0.507 e. The van der Waals surface area contributed by atoms with Crippen molar-refractivity contribution in [1.29, 1.82) is 0 Å². The number of para-hydroxylation sites is 1. The molecule has 0 spiro atoms. The fraction of sp³-hybridized carbons (Fsp3) is 0.0476. The van der Waals surface area contributed by atoms with Crippen molar-refractivity contribution in [3.05, 3.63) is 84.4 Å². The van der Waals surface area contributed by atoms with E-state index in [1.54, 1.807) is 18.2 Å². The topological polar surface area (TPSA) is 70.9 Å². The maximum atomic E-state index is 12.3. The summed E-state index contributed by atoms with van der Waals surface area (Å²) in [5.74, 6) is 0.0547. The van der Waals surface area contributed by atoms with E-state index in [0.29, 0.717) is 12.4 Å². The second-order valence-corrected chi connectivity index (χ2v) is 5.55. The van der Waals surface area contributed by atoms with Crippen molar-refractivity contribution >= 4 is 22.9 Å². The van der Waals surface area contributed by atoms with Crippen LogP contribution in [-0.4, -0.2) is 23.8 Å². The molecule has 0 heterocycles. The number of carbonyl (C=O) groups is 1. The summed E-state index contributed by atoms with van der Waals surface area (Å²) in [6.45, 7) is 3.99. The van der Waals surface area contributed by atoms with E-state index in [9.17, 15) is 9.90 Å². The number of phenolic OH excluding ortho intramolecular Hbond substituents is 1. The van der Waals surface area contributed by atoms with Gasteiger partial charge in [0.05, 0.1) is 11.8 Å². The molecule has 2 N–H and O–H groups in total. The average Bonchev–Trinajstić information content (AvgIpc) is 2.66. The maximum absolute atomic E-state index is 12.3. The minimum Gasteiger partial charge on any atom is -0.507 e. The fourth-order valence-electron chi connectivity index (χ4n) is 2.50. The summed E-state index contributed by atoms with van der Waals surface area (Å²) < 4.78 is 5.53. The zero-order chi connectivity index (χ0) is 18.4. The van der Waals surface area contributed by atoms with Crippen molar-refractivity contribution in [3.63, 3.8) is 0 Å². The Balaban J connectivity index is 1.76. The van der Waals surface area contributed by atoms with Crippen LogP contribution < -0.4 is 10.2 Å². The predicted octanol–water partition coefficient (Wildman–Crippen LogP) is 3.87. The highest BCUT2D eigenvalue weighted by Gasteiger charge is 2.11. The van der Waals surface area contributed by atoms with Crippen LogP contribution in [0.2, 0.25) is 0 Å². The van der Waals surface area contributed by atoms with Crippen LogP contribution in [0, 0.1) is 0 Å². The molecule has 0 aromatic heterocycles. The molecule has 0 aliphatic carbocycles. The molecule has 0 atom stereocenters. The predicted molar refractivity (Wildman–Crippen MR) is 103 cm³/mol. The van der Waals surface area contributed by atoms with Crippen LogP contribution in [0.15, 0.2) is 78.4 Å². The highest BCUT2D eigenvalue weighted by atomic mass is 16.5. The van der Waals surface area contributed by atoms with E-state index in [4.69, 9.17) is 4.74 Å². The molecule has 0 saturated heterocycles. The van der Waals surface area contributed by atoms with Crippen LogP contribution in [-0.2, 0) is 0 Å². The van der Waals surface area contributed by atoms with Gasteiger partial charge in [0, 0.05) is 5.56 Å². The van der Waals surface area contributed by atoms with Crippen LogP contribution in [0.4, 0.5) is 0 Å². The number of hydrogen-bond donors (Lipinski definition) is 2. The summed E-state index contributed by atoms with van der Waals surface area (Å²) in [4.78, 5) is 12.3. The Morgan fingerprint density at radius 1 is 1.12 bits per heavy atom. The number of nitrogens with one attached hydrogen (secondary N) is 1. The first-order valence-electron chi connectivity index (χ1n) is 8.07. The quantitative estimate of drug-likeness (QED) is 0.404. The summed E-state index contributed by atoms with van der Waals surface area (Å²) in [7, 11) is 0. The Morgan fingerprint density at radius 3 is 2.58 bits per heavy atom. The maximum Gasteiger partial charge on any atom is 0.275 e. The molecule has 0 aliphatic rings. The van der Waals surface area contributed by atoms with E-state index in [1.165, 1.54) is 6.21 Å². The van der Waals surface area contributed by atoms with Crippen LogP contribution >= 0.6 is 0 Å².